The van der Waals surface area contributed by atoms with Gasteiger partial charge in [-0.15, -0.1) is 0 Å². The second kappa shape index (κ2) is 9.09. The van der Waals surface area contributed by atoms with Crippen LogP contribution >= 0.6 is 0 Å². The first-order valence-corrected chi connectivity index (χ1v) is 11.0. The van der Waals surface area contributed by atoms with Gasteiger partial charge >= 0.3 is 0 Å². The van der Waals surface area contributed by atoms with Crippen molar-refractivity contribution in [1.29, 1.82) is 0 Å². The molecular weight excluding hydrogens is 450 g/mol. The maximum Gasteiger partial charge on any atom is 0.251 e. The smallest absolute Gasteiger partial charge is 0.251 e. The maximum atomic E-state index is 14.1. The van der Waals surface area contributed by atoms with Crippen molar-refractivity contribution in [2.45, 2.75) is 19.9 Å². The minimum absolute atomic E-state index is 0.212. The molecule has 2 heterocycles. The number of nitrogens with one attached hydrogen (secondary N) is 1. The highest BCUT2D eigenvalue weighted by Gasteiger charge is 2.32. The van der Waals surface area contributed by atoms with Crippen LogP contribution in [-0.4, -0.2) is 32.7 Å². The number of halogens is 2. The number of allylic oxidation sites excluding steroid dienone is 1. The van der Waals surface area contributed by atoms with Gasteiger partial charge in [0, 0.05) is 6.07 Å². The van der Waals surface area contributed by atoms with Crippen LogP contribution in [0.4, 0.5) is 20.4 Å². The van der Waals surface area contributed by atoms with Crippen LogP contribution in [0.5, 0.6) is 0 Å². The molecule has 1 aromatic heterocycles. The number of aromatic nitrogens is 4. The molecule has 9 heteroatoms. The number of benzene rings is 3. The van der Waals surface area contributed by atoms with Crippen molar-refractivity contribution in [1.82, 2.24) is 20.2 Å². The van der Waals surface area contributed by atoms with Gasteiger partial charge in [0.1, 0.15) is 24.2 Å². The quantitative estimate of drug-likeness (QED) is 0.457. The Morgan fingerprint density at radius 3 is 2.37 bits per heavy atom. The van der Waals surface area contributed by atoms with Crippen molar-refractivity contribution >= 4 is 23.2 Å². The number of carbonyl (C=O) groups is 1. The second-order valence-electron chi connectivity index (χ2n) is 8.46. The Hall–Kier alpha value is -4.40. The number of hydrogen-bond acceptors (Lipinski definition) is 5. The lowest BCUT2D eigenvalue weighted by Crippen LogP contribution is -2.37. The molecule has 0 unspecified atom stereocenters. The molecular formula is C26H22F2N6O. The third-order valence-corrected chi connectivity index (χ3v) is 5.86. The van der Waals surface area contributed by atoms with Crippen molar-refractivity contribution in [3.63, 3.8) is 0 Å². The molecule has 1 aliphatic heterocycles. The molecule has 1 aliphatic rings. The van der Waals surface area contributed by atoms with Crippen LogP contribution in [0.15, 0.2) is 72.8 Å². The lowest BCUT2D eigenvalue weighted by molar-refractivity contribution is -0.114. The van der Waals surface area contributed by atoms with Gasteiger partial charge in [-0.1, -0.05) is 64.8 Å². The molecule has 7 nitrogen and oxygen atoms in total. The number of hydrogen-bond donors (Lipinski definition) is 1. The van der Waals surface area contributed by atoms with Gasteiger partial charge in [-0.25, -0.2) is 8.78 Å². The van der Waals surface area contributed by atoms with Gasteiger partial charge in [0.25, 0.3) is 5.95 Å². The van der Waals surface area contributed by atoms with Gasteiger partial charge in [0.15, 0.2) is 0 Å². The Labute approximate surface area is 200 Å². The summed E-state index contributed by atoms with van der Waals surface area (Å²) >= 11 is 0. The molecule has 0 saturated heterocycles. The average molecular weight is 472 g/mol. The number of carbonyl (C=O) groups excluding carboxylic acids is 1. The molecule has 0 spiro atoms. The molecule has 1 N–H and O–H groups in total. The number of tetrazole rings is 1. The van der Waals surface area contributed by atoms with E-state index in [1.807, 2.05) is 68.5 Å². The number of fused-ring (bicyclic) bond motifs is 1. The van der Waals surface area contributed by atoms with E-state index in [0.717, 1.165) is 46.1 Å². The summed E-state index contributed by atoms with van der Waals surface area (Å²) in [5, 5.41) is 14.7. The topological polar surface area (TPSA) is 75.9 Å². The fraction of sp³-hybridized carbons (Fsp3) is 0.154. The van der Waals surface area contributed by atoms with Gasteiger partial charge in [-0.2, -0.15) is 4.68 Å². The Morgan fingerprint density at radius 2 is 1.66 bits per heavy atom. The molecule has 0 radical (unpaired) electrons. The molecule has 3 aromatic carbocycles. The van der Waals surface area contributed by atoms with Gasteiger partial charge < -0.3 is 5.32 Å². The van der Waals surface area contributed by atoms with Crippen LogP contribution in [0.1, 0.15) is 28.3 Å². The summed E-state index contributed by atoms with van der Waals surface area (Å²) in [6.45, 7) is 3.80. The van der Waals surface area contributed by atoms with Crippen molar-refractivity contribution < 1.29 is 13.6 Å². The highest BCUT2D eigenvalue weighted by Crippen LogP contribution is 2.36. The Kier molecular flexibility index (Phi) is 5.82. The Bertz CT molecular complexity index is 1410. The fourth-order valence-corrected chi connectivity index (χ4v) is 4.02. The summed E-state index contributed by atoms with van der Waals surface area (Å²) in [6, 6.07) is 18.6. The third-order valence-electron chi connectivity index (χ3n) is 5.86. The number of aryl methyl sites for hydroxylation is 2. The SMILES string of the molecule is Cc1ccc(C2=C[C@H](c3ccc(C)cc3)n3nnnc3N2CC(=O)Nc2cc(F)ccc2F)cc1. The lowest BCUT2D eigenvalue weighted by Gasteiger charge is -2.32. The van der Waals surface area contributed by atoms with E-state index in [4.69, 9.17) is 0 Å². The van der Waals surface area contributed by atoms with Gasteiger partial charge in [-0.3, -0.25) is 9.69 Å². The summed E-state index contributed by atoms with van der Waals surface area (Å²) in [7, 11) is 0. The largest absolute Gasteiger partial charge is 0.322 e. The van der Waals surface area contributed by atoms with Crippen LogP contribution in [-0.2, 0) is 4.79 Å². The first-order chi connectivity index (χ1) is 16.9. The molecule has 35 heavy (non-hydrogen) atoms. The zero-order valence-electron chi connectivity index (χ0n) is 19.1. The summed E-state index contributed by atoms with van der Waals surface area (Å²) in [5.74, 6) is -1.55. The molecule has 1 amide bonds. The zero-order chi connectivity index (χ0) is 24.5. The number of amides is 1. The molecule has 0 bridgehead atoms. The Balaban J connectivity index is 1.54. The highest BCUT2D eigenvalue weighted by atomic mass is 19.1. The van der Waals surface area contributed by atoms with E-state index in [-0.39, 0.29) is 18.3 Å². The van der Waals surface area contributed by atoms with Gasteiger partial charge in [0.05, 0.1) is 11.4 Å². The summed E-state index contributed by atoms with van der Waals surface area (Å²) in [6.07, 6.45) is 1.99. The second-order valence-corrected chi connectivity index (χ2v) is 8.46. The maximum absolute atomic E-state index is 14.1. The highest BCUT2D eigenvalue weighted by molar-refractivity contribution is 5.97. The van der Waals surface area contributed by atoms with Crippen molar-refractivity contribution in [3.05, 3.63) is 107 Å². The number of anilines is 2. The standard InChI is InChI=1S/C26H22F2N6O/c1-16-3-7-18(8-4-16)23-14-24(19-9-5-17(2)6-10-19)34-26(30-31-32-34)33(23)15-25(35)29-22-13-20(27)11-12-21(22)28/h3-14,24H,15H2,1-2H3,(H,29,35)/t24-/m1/s1. The van der Waals surface area contributed by atoms with Crippen molar-refractivity contribution in [2.75, 3.05) is 16.8 Å². The first-order valence-electron chi connectivity index (χ1n) is 11.0. The van der Waals surface area contributed by atoms with Crippen LogP contribution in [0.3, 0.4) is 0 Å². The molecule has 0 aliphatic carbocycles. The minimum atomic E-state index is -0.725. The average Bonchev–Trinajstić information content (AvgIpc) is 3.33. The molecule has 4 aromatic rings. The number of rotatable bonds is 5. The third kappa shape index (κ3) is 4.52. The van der Waals surface area contributed by atoms with E-state index in [9.17, 15) is 13.6 Å². The normalized spacial score (nSPS) is 14.9. The van der Waals surface area contributed by atoms with E-state index < -0.39 is 17.5 Å². The van der Waals surface area contributed by atoms with Crippen LogP contribution in [0, 0.1) is 25.5 Å². The van der Waals surface area contributed by atoms with Gasteiger partial charge in [0.2, 0.25) is 5.91 Å². The van der Waals surface area contributed by atoms with Crippen LogP contribution in [0.2, 0.25) is 0 Å². The molecule has 5 rings (SSSR count). The van der Waals surface area contributed by atoms with E-state index in [1.54, 1.807) is 9.58 Å². The zero-order valence-corrected chi connectivity index (χ0v) is 19.1. The summed E-state index contributed by atoms with van der Waals surface area (Å²) in [4.78, 5) is 14.6. The predicted octanol–water partition coefficient (Wildman–Crippen LogP) is 4.66. The van der Waals surface area contributed by atoms with E-state index in [1.165, 1.54) is 0 Å². The lowest BCUT2D eigenvalue weighted by atomic mass is 9.99. The summed E-state index contributed by atoms with van der Waals surface area (Å²) < 4.78 is 29.3. The van der Waals surface area contributed by atoms with Crippen molar-refractivity contribution in [3.8, 4) is 0 Å². The molecule has 1 atom stereocenters. The molecule has 0 saturated carbocycles. The van der Waals surface area contributed by atoms with Crippen LogP contribution < -0.4 is 10.2 Å². The van der Waals surface area contributed by atoms with E-state index >= 15 is 0 Å². The van der Waals surface area contributed by atoms with Crippen LogP contribution in [0.25, 0.3) is 5.70 Å². The molecule has 0 fully saturated rings. The summed E-state index contributed by atoms with van der Waals surface area (Å²) in [5.41, 5.74) is 4.58. The monoisotopic (exact) mass is 472 g/mol. The predicted molar refractivity (Wildman–Crippen MR) is 129 cm³/mol. The van der Waals surface area contributed by atoms with E-state index in [0.29, 0.717) is 5.95 Å². The molecule has 176 valence electrons. The van der Waals surface area contributed by atoms with E-state index in [2.05, 4.69) is 20.8 Å². The first kappa shape index (κ1) is 22.4. The van der Waals surface area contributed by atoms with Crippen molar-refractivity contribution in [2.24, 2.45) is 0 Å². The number of nitrogens with zero attached hydrogens (tertiary/aromatic N) is 5. The Morgan fingerprint density at radius 1 is 0.971 bits per heavy atom. The minimum Gasteiger partial charge on any atom is -0.322 e. The fourth-order valence-electron chi connectivity index (χ4n) is 4.02. The van der Waals surface area contributed by atoms with Gasteiger partial charge in [-0.05, 0) is 53.6 Å².